The fourth-order valence-corrected chi connectivity index (χ4v) is 4.75. The van der Waals surface area contributed by atoms with Gasteiger partial charge in [-0.05, 0) is 73.4 Å². The van der Waals surface area contributed by atoms with Gasteiger partial charge in [-0.3, -0.25) is 9.10 Å². The fourth-order valence-electron chi connectivity index (χ4n) is 3.31. The lowest BCUT2D eigenvalue weighted by Gasteiger charge is -2.24. The van der Waals surface area contributed by atoms with Crippen LogP contribution in [-0.2, 0) is 21.2 Å². The van der Waals surface area contributed by atoms with E-state index in [2.05, 4.69) is 5.32 Å². The first-order chi connectivity index (χ1) is 14.3. The molecule has 0 unspecified atom stereocenters. The minimum Gasteiger partial charge on any atom is -0.324 e. The topological polar surface area (TPSA) is 66.5 Å². The first-order valence-electron chi connectivity index (χ1n) is 9.84. The summed E-state index contributed by atoms with van der Waals surface area (Å²) >= 11 is 0. The molecule has 3 aromatic rings. The van der Waals surface area contributed by atoms with Gasteiger partial charge in [0.05, 0.1) is 10.6 Å². The van der Waals surface area contributed by atoms with E-state index in [0.29, 0.717) is 11.4 Å². The molecule has 1 amide bonds. The summed E-state index contributed by atoms with van der Waals surface area (Å²) in [6, 6.07) is 21.1. The normalized spacial score (nSPS) is 11.2. The van der Waals surface area contributed by atoms with Crippen LogP contribution in [0.15, 0.2) is 77.7 Å². The number of anilines is 2. The Labute approximate surface area is 178 Å². The van der Waals surface area contributed by atoms with Gasteiger partial charge in [0.1, 0.15) is 6.54 Å². The summed E-state index contributed by atoms with van der Waals surface area (Å²) in [6.45, 7) is 5.61. The number of hydrogen-bond acceptors (Lipinski definition) is 3. The lowest BCUT2D eigenvalue weighted by molar-refractivity contribution is -0.114. The van der Waals surface area contributed by atoms with Crippen molar-refractivity contribution < 1.29 is 13.2 Å². The number of nitrogens with one attached hydrogen (secondary N) is 1. The Hall–Kier alpha value is -3.12. The summed E-state index contributed by atoms with van der Waals surface area (Å²) in [7, 11) is -3.90. The molecule has 0 aliphatic carbocycles. The molecule has 0 bridgehead atoms. The molecule has 0 atom stereocenters. The predicted molar refractivity (Wildman–Crippen MR) is 121 cm³/mol. The molecule has 0 saturated heterocycles. The van der Waals surface area contributed by atoms with E-state index in [0.717, 1.165) is 27.4 Å². The van der Waals surface area contributed by atoms with E-state index >= 15 is 0 Å². The number of sulfonamides is 1. The molecule has 0 aliphatic rings. The second kappa shape index (κ2) is 9.13. The number of carbonyl (C=O) groups excluding carboxylic acids is 1. The van der Waals surface area contributed by atoms with Crippen molar-refractivity contribution in [2.75, 3.05) is 16.2 Å². The predicted octanol–water partition coefficient (Wildman–Crippen LogP) is 4.70. The molecule has 30 heavy (non-hydrogen) atoms. The fraction of sp³-hybridized carbons (Fsp3) is 0.208. The molecule has 3 aromatic carbocycles. The maximum atomic E-state index is 13.3. The number of rotatable bonds is 7. The zero-order valence-electron chi connectivity index (χ0n) is 17.4. The zero-order chi connectivity index (χ0) is 21.7. The van der Waals surface area contributed by atoms with Crippen LogP contribution < -0.4 is 9.62 Å². The van der Waals surface area contributed by atoms with Gasteiger partial charge < -0.3 is 5.32 Å². The number of nitrogens with zero attached hydrogens (tertiary/aromatic N) is 1. The van der Waals surface area contributed by atoms with Gasteiger partial charge in [-0.25, -0.2) is 8.42 Å². The molecule has 0 fully saturated rings. The van der Waals surface area contributed by atoms with Crippen molar-refractivity contribution in [2.45, 2.75) is 32.1 Å². The molecule has 156 valence electrons. The number of benzene rings is 3. The lowest BCUT2D eigenvalue weighted by atomic mass is 10.1. The number of aryl methyl sites for hydroxylation is 3. The van der Waals surface area contributed by atoms with Crippen molar-refractivity contribution in [3.63, 3.8) is 0 Å². The van der Waals surface area contributed by atoms with Crippen molar-refractivity contribution in [1.29, 1.82) is 0 Å². The van der Waals surface area contributed by atoms with Crippen LogP contribution in [0.4, 0.5) is 11.4 Å². The maximum absolute atomic E-state index is 13.3. The Bertz CT molecular complexity index is 1100. The van der Waals surface area contributed by atoms with Gasteiger partial charge >= 0.3 is 0 Å². The molecule has 6 heteroatoms. The van der Waals surface area contributed by atoms with E-state index in [9.17, 15) is 13.2 Å². The van der Waals surface area contributed by atoms with Gasteiger partial charge in [0, 0.05) is 5.69 Å². The summed E-state index contributed by atoms with van der Waals surface area (Å²) in [5.74, 6) is -0.404. The van der Waals surface area contributed by atoms with Gasteiger partial charge in [0.15, 0.2) is 0 Å². The Morgan fingerprint density at radius 1 is 0.900 bits per heavy atom. The second-order valence-corrected chi connectivity index (χ2v) is 9.13. The van der Waals surface area contributed by atoms with Crippen LogP contribution in [0, 0.1) is 13.8 Å². The molecule has 3 rings (SSSR count). The summed E-state index contributed by atoms with van der Waals surface area (Å²) in [4.78, 5) is 12.9. The van der Waals surface area contributed by atoms with E-state index in [1.807, 2.05) is 51.1 Å². The van der Waals surface area contributed by atoms with Crippen molar-refractivity contribution in [3.8, 4) is 0 Å². The second-order valence-electron chi connectivity index (χ2n) is 7.27. The van der Waals surface area contributed by atoms with Crippen LogP contribution >= 0.6 is 0 Å². The largest absolute Gasteiger partial charge is 0.324 e. The minimum atomic E-state index is -3.90. The highest BCUT2D eigenvalue weighted by Crippen LogP contribution is 2.24. The zero-order valence-corrected chi connectivity index (χ0v) is 18.2. The summed E-state index contributed by atoms with van der Waals surface area (Å²) in [6.07, 6.45) is 0.846. The molecule has 0 aromatic heterocycles. The van der Waals surface area contributed by atoms with Crippen LogP contribution in [0.3, 0.4) is 0 Å². The smallest absolute Gasteiger partial charge is 0.264 e. The average Bonchev–Trinajstić information content (AvgIpc) is 2.72. The average molecular weight is 423 g/mol. The van der Waals surface area contributed by atoms with Gasteiger partial charge in [-0.2, -0.15) is 0 Å². The van der Waals surface area contributed by atoms with Crippen molar-refractivity contribution in [1.82, 2.24) is 0 Å². The number of hydrogen-bond donors (Lipinski definition) is 1. The third-order valence-electron chi connectivity index (χ3n) is 4.76. The highest BCUT2D eigenvalue weighted by atomic mass is 32.2. The van der Waals surface area contributed by atoms with E-state index in [1.165, 1.54) is 12.1 Å². The molecule has 1 N–H and O–H groups in total. The highest BCUT2D eigenvalue weighted by Gasteiger charge is 2.27. The maximum Gasteiger partial charge on any atom is 0.264 e. The molecular formula is C24H26N2O3S. The Kier molecular flexibility index (Phi) is 6.57. The number of carbonyl (C=O) groups is 1. The van der Waals surface area contributed by atoms with E-state index in [-0.39, 0.29) is 11.4 Å². The third-order valence-corrected chi connectivity index (χ3v) is 6.54. The first kappa shape index (κ1) is 21.6. The molecule has 0 radical (unpaired) electrons. The monoisotopic (exact) mass is 422 g/mol. The summed E-state index contributed by atoms with van der Waals surface area (Å²) < 4.78 is 27.8. The van der Waals surface area contributed by atoms with Crippen LogP contribution in [-0.4, -0.2) is 20.9 Å². The molecule has 0 heterocycles. The standard InChI is InChI=1S/C24H26N2O3S/c1-4-20-10-12-22(13-11-20)26(30(28,29)23-8-6-5-7-9-23)17-24(27)25-21-15-18(2)14-19(3)16-21/h5-16H,4,17H2,1-3H3,(H,25,27). The highest BCUT2D eigenvalue weighted by molar-refractivity contribution is 7.92. The van der Waals surface area contributed by atoms with Crippen LogP contribution in [0.1, 0.15) is 23.6 Å². The summed E-state index contributed by atoms with van der Waals surface area (Å²) in [5, 5.41) is 2.82. The van der Waals surface area contributed by atoms with Gasteiger partial charge in [-0.1, -0.05) is 43.3 Å². The van der Waals surface area contributed by atoms with E-state index in [1.54, 1.807) is 30.3 Å². The van der Waals surface area contributed by atoms with Crippen LogP contribution in [0.2, 0.25) is 0 Å². The Morgan fingerprint density at radius 3 is 2.07 bits per heavy atom. The van der Waals surface area contributed by atoms with Crippen LogP contribution in [0.25, 0.3) is 0 Å². The molecule has 0 saturated carbocycles. The van der Waals surface area contributed by atoms with Gasteiger partial charge in [0.25, 0.3) is 10.0 Å². The molecular weight excluding hydrogens is 396 g/mol. The van der Waals surface area contributed by atoms with Gasteiger partial charge in [0.2, 0.25) is 5.91 Å². The Balaban J connectivity index is 1.93. The van der Waals surface area contributed by atoms with E-state index < -0.39 is 15.9 Å². The van der Waals surface area contributed by atoms with E-state index in [4.69, 9.17) is 0 Å². The molecule has 0 spiro atoms. The minimum absolute atomic E-state index is 0.142. The van der Waals surface area contributed by atoms with Crippen molar-refractivity contribution in [3.05, 3.63) is 89.5 Å². The molecule has 5 nitrogen and oxygen atoms in total. The third kappa shape index (κ3) is 5.07. The molecule has 0 aliphatic heterocycles. The SMILES string of the molecule is CCc1ccc(N(CC(=O)Nc2cc(C)cc(C)c2)S(=O)(=O)c2ccccc2)cc1. The van der Waals surface area contributed by atoms with Gasteiger partial charge in [-0.15, -0.1) is 0 Å². The first-order valence-corrected chi connectivity index (χ1v) is 11.3. The quantitative estimate of drug-likeness (QED) is 0.600. The van der Waals surface area contributed by atoms with Crippen molar-refractivity contribution in [2.24, 2.45) is 0 Å². The summed E-state index contributed by atoms with van der Waals surface area (Å²) in [5.41, 5.74) is 4.24. The number of amides is 1. The Morgan fingerprint density at radius 2 is 1.50 bits per heavy atom. The lowest BCUT2D eigenvalue weighted by Crippen LogP contribution is -2.38. The van der Waals surface area contributed by atoms with Crippen molar-refractivity contribution >= 4 is 27.3 Å². The van der Waals surface area contributed by atoms with Crippen LogP contribution in [0.5, 0.6) is 0 Å².